The zero-order valence-corrected chi connectivity index (χ0v) is 6.73. The van der Waals surface area contributed by atoms with Crippen molar-refractivity contribution in [3.8, 4) is 0 Å². The van der Waals surface area contributed by atoms with Crippen molar-refractivity contribution in [3.05, 3.63) is 11.6 Å². The summed E-state index contributed by atoms with van der Waals surface area (Å²) in [6.45, 7) is 9.08. The van der Waals surface area contributed by atoms with E-state index in [-0.39, 0.29) is 0 Å². The zero-order valence-electron chi connectivity index (χ0n) is 6.73. The van der Waals surface area contributed by atoms with Crippen molar-refractivity contribution in [3.63, 3.8) is 0 Å². The van der Waals surface area contributed by atoms with E-state index in [1.54, 1.807) is 0 Å². The minimum atomic E-state index is 0.886. The Bertz CT molecular complexity index is 132. The van der Waals surface area contributed by atoms with E-state index >= 15 is 0 Å². The molecule has 0 radical (unpaired) electrons. The number of hydrogen-bond donors (Lipinski definition) is 0. The maximum Gasteiger partial charge on any atom is 0.0364 e. The first-order chi connectivity index (χ1) is 4.22. The van der Waals surface area contributed by atoms with E-state index in [4.69, 9.17) is 0 Å². The van der Waals surface area contributed by atoms with Crippen LogP contribution in [0.2, 0.25) is 0 Å². The summed E-state index contributed by atoms with van der Waals surface area (Å²) in [5.41, 5.74) is 2.43. The number of aliphatic imine (C=N–C) groups is 1. The molecular weight excluding hydrogens is 110 g/mol. The third-order valence-corrected chi connectivity index (χ3v) is 1.40. The van der Waals surface area contributed by atoms with Gasteiger partial charge in [0.15, 0.2) is 0 Å². The summed E-state index contributed by atoms with van der Waals surface area (Å²) < 4.78 is 0. The summed E-state index contributed by atoms with van der Waals surface area (Å²) in [7, 11) is 0. The van der Waals surface area contributed by atoms with E-state index in [2.05, 4.69) is 18.0 Å². The molecule has 0 saturated heterocycles. The van der Waals surface area contributed by atoms with Gasteiger partial charge in [-0.2, -0.15) is 0 Å². The van der Waals surface area contributed by atoms with E-state index in [9.17, 15) is 0 Å². The Kier molecular flexibility index (Phi) is 4.02. The number of hydrogen-bond acceptors (Lipinski definition) is 1. The van der Waals surface area contributed by atoms with Crippen LogP contribution in [0.4, 0.5) is 0 Å². The Balaban J connectivity index is 4.03. The molecule has 1 heteroatoms. The van der Waals surface area contributed by atoms with Crippen LogP contribution in [0.15, 0.2) is 16.6 Å². The van der Waals surface area contributed by atoms with E-state index in [0.717, 1.165) is 12.3 Å². The average molecular weight is 125 g/mol. The molecule has 0 amide bonds. The SMILES string of the molecule is C/C=C(C)\C(C)=N/CC. The van der Waals surface area contributed by atoms with Crippen LogP contribution in [0, 0.1) is 0 Å². The Morgan fingerprint density at radius 3 is 2.33 bits per heavy atom. The summed E-state index contributed by atoms with van der Waals surface area (Å²) in [6, 6.07) is 0. The molecule has 0 atom stereocenters. The maximum atomic E-state index is 4.24. The molecule has 0 bridgehead atoms. The highest BCUT2D eigenvalue weighted by atomic mass is 14.7. The van der Waals surface area contributed by atoms with Crippen molar-refractivity contribution >= 4 is 5.71 Å². The molecule has 0 heterocycles. The summed E-state index contributed by atoms with van der Waals surface area (Å²) in [5.74, 6) is 0. The van der Waals surface area contributed by atoms with Crippen LogP contribution in [0.5, 0.6) is 0 Å². The summed E-state index contributed by atoms with van der Waals surface area (Å²) in [4.78, 5) is 4.24. The third kappa shape index (κ3) is 3.07. The minimum Gasteiger partial charge on any atom is -0.290 e. The molecule has 0 N–H and O–H groups in total. The van der Waals surface area contributed by atoms with Crippen molar-refractivity contribution in [2.45, 2.75) is 27.7 Å². The molecule has 0 fully saturated rings. The van der Waals surface area contributed by atoms with Gasteiger partial charge < -0.3 is 0 Å². The van der Waals surface area contributed by atoms with Crippen molar-refractivity contribution < 1.29 is 0 Å². The molecule has 0 spiro atoms. The lowest BCUT2D eigenvalue weighted by molar-refractivity contribution is 1.12. The molecule has 0 aliphatic heterocycles. The number of allylic oxidation sites excluding steroid dienone is 2. The van der Waals surface area contributed by atoms with Crippen LogP contribution in [0.1, 0.15) is 27.7 Å². The molecule has 0 rings (SSSR count). The highest BCUT2D eigenvalue weighted by Gasteiger charge is 1.88. The lowest BCUT2D eigenvalue weighted by Gasteiger charge is -1.96. The normalized spacial score (nSPS) is 14.2. The fourth-order valence-corrected chi connectivity index (χ4v) is 0.571. The zero-order chi connectivity index (χ0) is 7.28. The predicted octanol–water partition coefficient (Wildman–Crippen LogP) is 2.43. The van der Waals surface area contributed by atoms with Crippen LogP contribution in [0.3, 0.4) is 0 Å². The fourth-order valence-electron chi connectivity index (χ4n) is 0.571. The number of rotatable bonds is 2. The van der Waals surface area contributed by atoms with Gasteiger partial charge in [0.2, 0.25) is 0 Å². The lowest BCUT2D eigenvalue weighted by Crippen LogP contribution is -1.92. The van der Waals surface area contributed by atoms with Crippen LogP contribution < -0.4 is 0 Å². The second-order valence-electron chi connectivity index (χ2n) is 2.03. The largest absolute Gasteiger partial charge is 0.290 e. The molecule has 0 unspecified atom stereocenters. The van der Waals surface area contributed by atoms with Crippen LogP contribution in [0.25, 0.3) is 0 Å². The smallest absolute Gasteiger partial charge is 0.0364 e. The maximum absolute atomic E-state index is 4.24. The second kappa shape index (κ2) is 4.30. The van der Waals surface area contributed by atoms with Crippen LogP contribution in [-0.4, -0.2) is 12.3 Å². The van der Waals surface area contributed by atoms with Gasteiger partial charge in [-0.1, -0.05) is 6.08 Å². The van der Waals surface area contributed by atoms with Gasteiger partial charge in [-0.25, -0.2) is 0 Å². The van der Waals surface area contributed by atoms with E-state index < -0.39 is 0 Å². The third-order valence-electron chi connectivity index (χ3n) is 1.40. The first-order valence-electron chi connectivity index (χ1n) is 3.36. The van der Waals surface area contributed by atoms with Crippen LogP contribution >= 0.6 is 0 Å². The van der Waals surface area contributed by atoms with Gasteiger partial charge in [0.1, 0.15) is 0 Å². The molecule has 9 heavy (non-hydrogen) atoms. The fraction of sp³-hybridized carbons (Fsp3) is 0.625. The minimum absolute atomic E-state index is 0.886. The van der Waals surface area contributed by atoms with E-state index in [1.165, 1.54) is 5.57 Å². The highest BCUT2D eigenvalue weighted by molar-refractivity contribution is 5.97. The molecule has 0 saturated carbocycles. The molecule has 0 aromatic rings. The van der Waals surface area contributed by atoms with Gasteiger partial charge in [-0.3, -0.25) is 4.99 Å². The van der Waals surface area contributed by atoms with Crippen molar-refractivity contribution in [1.29, 1.82) is 0 Å². The first kappa shape index (κ1) is 8.41. The topological polar surface area (TPSA) is 12.4 Å². The monoisotopic (exact) mass is 125 g/mol. The molecule has 52 valence electrons. The van der Waals surface area contributed by atoms with Crippen LogP contribution in [-0.2, 0) is 0 Å². The first-order valence-corrected chi connectivity index (χ1v) is 3.36. The average Bonchev–Trinajstić information content (AvgIpc) is 1.87. The molecule has 1 nitrogen and oxygen atoms in total. The molecule has 0 aliphatic carbocycles. The van der Waals surface area contributed by atoms with Crippen molar-refractivity contribution in [2.75, 3.05) is 6.54 Å². The Labute approximate surface area is 57.5 Å². The van der Waals surface area contributed by atoms with E-state index in [0.29, 0.717) is 0 Å². The van der Waals surface area contributed by atoms with Gasteiger partial charge in [0.25, 0.3) is 0 Å². The Morgan fingerprint density at radius 1 is 1.44 bits per heavy atom. The van der Waals surface area contributed by atoms with Gasteiger partial charge in [0, 0.05) is 12.3 Å². The van der Waals surface area contributed by atoms with Crippen molar-refractivity contribution in [2.24, 2.45) is 4.99 Å². The molecule has 0 aliphatic rings. The molecular formula is C8H15N. The van der Waals surface area contributed by atoms with E-state index in [1.807, 2.05) is 20.8 Å². The van der Waals surface area contributed by atoms with Gasteiger partial charge in [-0.05, 0) is 33.3 Å². The molecule has 0 aromatic heterocycles. The van der Waals surface area contributed by atoms with Crippen molar-refractivity contribution in [1.82, 2.24) is 0 Å². The lowest BCUT2D eigenvalue weighted by atomic mass is 10.2. The number of nitrogens with zero attached hydrogens (tertiary/aromatic N) is 1. The van der Waals surface area contributed by atoms with Gasteiger partial charge >= 0.3 is 0 Å². The summed E-state index contributed by atoms with van der Waals surface area (Å²) >= 11 is 0. The summed E-state index contributed by atoms with van der Waals surface area (Å²) in [5, 5.41) is 0. The quantitative estimate of drug-likeness (QED) is 0.503. The second-order valence-corrected chi connectivity index (χ2v) is 2.03. The van der Waals surface area contributed by atoms with Gasteiger partial charge in [0.05, 0.1) is 0 Å². The Hall–Kier alpha value is -0.590. The standard InChI is InChI=1S/C8H15N/c1-5-7(3)8(4)9-6-2/h5H,6H2,1-4H3/b7-5-,9-8-. The molecule has 0 aromatic carbocycles. The van der Waals surface area contributed by atoms with Gasteiger partial charge in [-0.15, -0.1) is 0 Å². The Morgan fingerprint density at radius 2 is 2.00 bits per heavy atom. The predicted molar refractivity (Wildman–Crippen MR) is 43.1 cm³/mol. The highest BCUT2D eigenvalue weighted by Crippen LogP contribution is 1.94. The summed E-state index contributed by atoms with van der Waals surface area (Å²) in [6.07, 6.45) is 2.08.